The van der Waals surface area contributed by atoms with Crippen molar-refractivity contribution in [2.45, 2.75) is 10.3 Å². The van der Waals surface area contributed by atoms with E-state index in [2.05, 4.69) is 0 Å². The third-order valence-corrected chi connectivity index (χ3v) is 7.77. The Hall–Kier alpha value is -2.10. The molecule has 9 heteroatoms. The standard InChI is InChI=1S/C19H23NO6S2/c1-23-13-5-7-14(8-6-13)28(21,22)20-9-10-27-19(20)15-11-17(25-3)18(26-4)12-16(15)24-2/h5-8,11-12,19H,9-10H2,1-4H3/t19-/m0/s1. The van der Waals surface area contributed by atoms with Crippen LogP contribution < -0.4 is 18.9 Å². The number of hydrogen-bond donors (Lipinski definition) is 0. The van der Waals surface area contributed by atoms with Crippen molar-refractivity contribution in [2.24, 2.45) is 0 Å². The molecule has 0 aromatic heterocycles. The van der Waals surface area contributed by atoms with Gasteiger partial charge in [0.2, 0.25) is 10.0 Å². The summed E-state index contributed by atoms with van der Waals surface area (Å²) >= 11 is 1.54. The van der Waals surface area contributed by atoms with E-state index in [9.17, 15) is 8.42 Å². The molecule has 1 atom stereocenters. The molecule has 1 heterocycles. The summed E-state index contributed by atoms with van der Waals surface area (Å²) in [4.78, 5) is 0.222. The van der Waals surface area contributed by atoms with Gasteiger partial charge in [0.25, 0.3) is 0 Å². The maximum Gasteiger partial charge on any atom is 0.244 e. The predicted octanol–water partition coefficient (Wildman–Crippen LogP) is 3.16. The molecule has 3 rings (SSSR count). The lowest BCUT2D eigenvalue weighted by Gasteiger charge is -2.25. The molecule has 1 aliphatic rings. The molecule has 0 radical (unpaired) electrons. The summed E-state index contributed by atoms with van der Waals surface area (Å²) in [5, 5.41) is -0.429. The van der Waals surface area contributed by atoms with Crippen LogP contribution in [0.3, 0.4) is 0 Å². The molecule has 0 spiro atoms. The molecule has 1 aliphatic heterocycles. The molecule has 0 saturated carbocycles. The van der Waals surface area contributed by atoms with Crippen LogP contribution >= 0.6 is 11.8 Å². The quantitative estimate of drug-likeness (QED) is 0.675. The minimum Gasteiger partial charge on any atom is -0.497 e. The van der Waals surface area contributed by atoms with E-state index < -0.39 is 15.4 Å². The zero-order valence-corrected chi connectivity index (χ0v) is 17.8. The van der Waals surface area contributed by atoms with E-state index in [1.807, 2.05) is 0 Å². The normalized spacial score (nSPS) is 17.4. The van der Waals surface area contributed by atoms with Gasteiger partial charge in [-0.25, -0.2) is 8.42 Å². The van der Waals surface area contributed by atoms with E-state index >= 15 is 0 Å². The van der Waals surface area contributed by atoms with Crippen LogP contribution in [-0.4, -0.2) is 53.5 Å². The van der Waals surface area contributed by atoms with Crippen molar-refractivity contribution >= 4 is 21.8 Å². The van der Waals surface area contributed by atoms with Crippen molar-refractivity contribution in [2.75, 3.05) is 40.7 Å². The largest absolute Gasteiger partial charge is 0.497 e. The van der Waals surface area contributed by atoms with Crippen molar-refractivity contribution in [3.05, 3.63) is 42.0 Å². The molecule has 0 aliphatic carbocycles. The molecule has 0 N–H and O–H groups in total. The van der Waals surface area contributed by atoms with E-state index in [-0.39, 0.29) is 4.90 Å². The first-order chi connectivity index (χ1) is 13.5. The molecule has 28 heavy (non-hydrogen) atoms. The number of ether oxygens (including phenoxy) is 4. The summed E-state index contributed by atoms with van der Waals surface area (Å²) in [5.74, 6) is 2.88. The summed E-state index contributed by atoms with van der Waals surface area (Å²) in [6.07, 6.45) is 0. The molecule has 7 nitrogen and oxygen atoms in total. The Kier molecular flexibility index (Phi) is 6.26. The highest BCUT2D eigenvalue weighted by molar-refractivity contribution is 8.01. The van der Waals surface area contributed by atoms with Crippen molar-refractivity contribution in [3.63, 3.8) is 0 Å². The zero-order valence-electron chi connectivity index (χ0n) is 16.2. The summed E-state index contributed by atoms with van der Waals surface area (Å²) in [6.45, 7) is 0.404. The topological polar surface area (TPSA) is 74.3 Å². The van der Waals surface area contributed by atoms with Crippen molar-refractivity contribution in [1.82, 2.24) is 4.31 Å². The van der Waals surface area contributed by atoms with Crippen LogP contribution in [-0.2, 0) is 10.0 Å². The summed E-state index contributed by atoms with van der Waals surface area (Å²) < 4.78 is 49.4. The lowest BCUT2D eigenvalue weighted by Crippen LogP contribution is -2.30. The fourth-order valence-electron chi connectivity index (χ4n) is 3.07. The highest BCUT2D eigenvalue weighted by atomic mass is 32.2. The molecule has 1 fully saturated rings. The van der Waals surface area contributed by atoms with Crippen LogP contribution in [0.1, 0.15) is 10.9 Å². The fraction of sp³-hybridized carbons (Fsp3) is 0.368. The zero-order chi connectivity index (χ0) is 20.3. The SMILES string of the molecule is COc1ccc(S(=O)(=O)N2CCS[C@H]2c2cc(OC)c(OC)cc2OC)cc1. The Labute approximate surface area is 169 Å². The minimum absolute atomic E-state index is 0.222. The molecule has 1 saturated heterocycles. The highest BCUT2D eigenvalue weighted by Crippen LogP contribution is 2.47. The van der Waals surface area contributed by atoms with E-state index in [1.165, 1.54) is 4.31 Å². The van der Waals surface area contributed by atoms with Gasteiger partial charge in [-0.1, -0.05) is 0 Å². The predicted molar refractivity (Wildman–Crippen MR) is 108 cm³/mol. The molecule has 2 aromatic rings. The Morgan fingerprint density at radius 1 is 0.893 bits per heavy atom. The van der Waals surface area contributed by atoms with E-state index in [1.54, 1.807) is 76.6 Å². The van der Waals surface area contributed by atoms with Crippen LogP contribution in [0.5, 0.6) is 23.0 Å². The van der Waals surface area contributed by atoms with Crippen LogP contribution in [0.25, 0.3) is 0 Å². The van der Waals surface area contributed by atoms with Crippen molar-refractivity contribution in [1.29, 1.82) is 0 Å². The first-order valence-corrected chi connectivity index (χ1v) is 11.0. The number of methoxy groups -OCH3 is 4. The van der Waals surface area contributed by atoms with Gasteiger partial charge in [-0.2, -0.15) is 4.31 Å². The van der Waals surface area contributed by atoms with Gasteiger partial charge in [0.15, 0.2) is 11.5 Å². The van der Waals surface area contributed by atoms with Gasteiger partial charge in [-0.3, -0.25) is 0 Å². The second kappa shape index (κ2) is 8.50. The highest BCUT2D eigenvalue weighted by Gasteiger charge is 2.38. The number of sulfonamides is 1. The van der Waals surface area contributed by atoms with Gasteiger partial charge in [0.05, 0.1) is 38.7 Å². The van der Waals surface area contributed by atoms with Crippen LogP contribution in [0.2, 0.25) is 0 Å². The van der Waals surface area contributed by atoms with Crippen molar-refractivity contribution < 1.29 is 27.4 Å². The minimum atomic E-state index is -3.69. The van der Waals surface area contributed by atoms with Crippen LogP contribution in [0, 0.1) is 0 Å². The number of nitrogens with zero attached hydrogens (tertiary/aromatic N) is 1. The Morgan fingerprint density at radius 3 is 2.07 bits per heavy atom. The third-order valence-electron chi connectivity index (χ3n) is 4.52. The maximum atomic E-state index is 13.3. The number of thioether (sulfide) groups is 1. The van der Waals surface area contributed by atoms with Gasteiger partial charge in [-0.05, 0) is 30.3 Å². The molecule has 0 amide bonds. The molecular formula is C19H23NO6S2. The van der Waals surface area contributed by atoms with E-state index in [0.717, 1.165) is 5.56 Å². The Balaban J connectivity index is 2.02. The first kappa shape index (κ1) is 20.6. The van der Waals surface area contributed by atoms with Gasteiger partial charge in [0.1, 0.15) is 11.5 Å². The summed E-state index contributed by atoms with van der Waals surface area (Å²) in [7, 11) is 2.48. The molecule has 0 bridgehead atoms. The summed E-state index contributed by atoms with van der Waals surface area (Å²) in [5.41, 5.74) is 0.722. The molecule has 152 valence electrons. The van der Waals surface area contributed by atoms with Crippen LogP contribution in [0.4, 0.5) is 0 Å². The molecular weight excluding hydrogens is 402 g/mol. The monoisotopic (exact) mass is 425 g/mol. The average molecular weight is 426 g/mol. The maximum absolute atomic E-state index is 13.3. The lowest BCUT2D eigenvalue weighted by atomic mass is 10.1. The van der Waals surface area contributed by atoms with Gasteiger partial charge < -0.3 is 18.9 Å². The molecule has 0 unspecified atom stereocenters. The molecule has 2 aromatic carbocycles. The third kappa shape index (κ3) is 3.74. The lowest BCUT2D eigenvalue weighted by molar-refractivity contribution is 0.344. The Bertz CT molecular complexity index is 930. The van der Waals surface area contributed by atoms with Gasteiger partial charge in [-0.15, -0.1) is 11.8 Å². The number of hydrogen-bond acceptors (Lipinski definition) is 7. The van der Waals surface area contributed by atoms with Gasteiger partial charge >= 0.3 is 0 Å². The van der Waals surface area contributed by atoms with E-state index in [0.29, 0.717) is 35.3 Å². The number of rotatable bonds is 7. The van der Waals surface area contributed by atoms with Crippen molar-refractivity contribution in [3.8, 4) is 23.0 Å². The smallest absolute Gasteiger partial charge is 0.244 e. The fourth-order valence-corrected chi connectivity index (χ4v) is 6.32. The number of benzene rings is 2. The first-order valence-electron chi connectivity index (χ1n) is 8.53. The van der Waals surface area contributed by atoms with E-state index in [4.69, 9.17) is 18.9 Å². The average Bonchev–Trinajstić information content (AvgIpc) is 3.23. The summed E-state index contributed by atoms with van der Waals surface area (Å²) in [6, 6.07) is 9.88. The Morgan fingerprint density at radius 2 is 1.50 bits per heavy atom. The second-order valence-electron chi connectivity index (χ2n) is 5.96. The van der Waals surface area contributed by atoms with Crippen LogP contribution in [0.15, 0.2) is 41.3 Å². The second-order valence-corrected chi connectivity index (χ2v) is 9.04. The van der Waals surface area contributed by atoms with Gasteiger partial charge in [0, 0.05) is 23.9 Å².